The molecule has 0 saturated heterocycles. The van der Waals surface area contributed by atoms with Crippen LogP contribution in [0.25, 0.3) is 105 Å². The molecule has 0 atom stereocenters. The molecule has 0 unspecified atom stereocenters. The van der Waals surface area contributed by atoms with E-state index < -0.39 is 0 Å². The Balaban J connectivity index is 1.26. The summed E-state index contributed by atoms with van der Waals surface area (Å²) in [4.78, 5) is 15.6. The second-order valence-electron chi connectivity index (χ2n) is 13.2. The zero-order chi connectivity index (χ0) is 34.2. The lowest BCUT2D eigenvalue weighted by Crippen LogP contribution is -2.02. The minimum Gasteiger partial charge on any atom is -0.456 e. The number of hydrogen-bond donors (Lipinski definition) is 0. The molecule has 3 aromatic heterocycles. The lowest BCUT2D eigenvalue weighted by atomic mass is 10.0. The van der Waals surface area contributed by atoms with Gasteiger partial charge in [-0.25, -0.2) is 15.0 Å². The van der Waals surface area contributed by atoms with Gasteiger partial charge in [-0.15, -0.1) is 0 Å². The lowest BCUT2D eigenvalue weighted by Gasteiger charge is -2.13. The van der Waals surface area contributed by atoms with E-state index in [9.17, 15) is 0 Å². The van der Waals surface area contributed by atoms with E-state index in [4.69, 9.17) is 19.4 Å². The van der Waals surface area contributed by atoms with Crippen LogP contribution in [-0.4, -0.2) is 19.5 Å². The number of fused-ring (bicyclic) bond motifs is 8. The maximum atomic E-state index is 6.65. The van der Waals surface area contributed by atoms with Gasteiger partial charge in [0, 0.05) is 44.3 Å². The number of nitrogens with zero attached hydrogens (tertiary/aromatic N) is 4. The first kappa shape index (κ1) is 28.7. The van der Waals surface area contributed by atoms with Crippen molar-refractivity contribution < 1.29 is 4.42 Å². The van der Waals surface area contributed by atoms with Gasteiger partial charge in [0.2, 0.25) is 0 Å². The highest BCUT2D eigenvalue weighted by Crippen LogP contribution is 2.41. The first-order chi connectivity index (χ1) is 25.8. The van der Waals surface area contributed by atoms with Crippen LogP contribution in [-0.2, 0) is 0 Å². The SMILES string of the molecule is c1ccc(-c2nc(-c3cccc4ccccc34)nc(-c3cc(-n4c5ccccc5c5cc6ccccc6cc54)cc4oc5ccccc5c34)n2)cc1. The number of benzene rings is 8. The molecule has 0 aliphatic carbocycles. The largest absolute Gasteiger partial charge is 0.456 e. The third-order valence-corrected chi connectivity index (χ3v) is 10.2. The van der Waals surface area contributed by atoms with E-state index in [1.807, 2.05) is 42.5 Å². The normalized spacial score (nSPS) is 11.8. The number of hydrogen-bond acceptors (Lipinski definition) is 4. The van der Waals surface area contributed by atoms with Gasteiger partial charge in [0.05, 0.1) is 16.7 Å². The van der Waals surface area contributed by atoms with Crippen molar-refractivity contribution in [3.05, 3.63) is 170 Å². The molecule has 11 rings (SSSR count). The molecule has 5 heteroatoms. The molecule has 0 amide bonds. The van der Waals surface area contributed by atoms with Crippen molar-refractivity contribution in [1.82, 2.24) is 19.5 Å². The molecule has 0 aliphatic heterocycles. The van der Waals surface area contributed by atoms with Crippen molar-refractivity contribution in [2.75, 3.05) is 0 Å². The molecule has 242 valence electrons. The van der Waals surface area contributed by atoms with E-state index in [2.05, 4.69) is 132 Å². The minimum absolute atomic E-state index is 0.585. The second-order valence-corrected chi connectivity index (χ2v) is 13.2. The Morgan fingerprint density at radius 1 is 0.385 bits per heavy atom. The summed E-state index contributed by atoms with van der Waals surface area (Å²) in [6.07, 6.45) is 0. The van der Waals surface area contributed by atoms with E-state index >= 15 is 0 Å². The first-order valence-corrected chi connectivity index (χ1v) is 17.4. The molecule has 11 aromatic rings. The fourth-order valence-electron chi connectivity index (χ4n) is 7.83. The molecule has 0 spiro atoms. The van der Waals surface area contributed by atoms with Crippen molar-refractivity contribution in [3.63, 3.8) is 0 Å². The molecular formula is C47H28N4O. The summed E-state index contributed by atoms with van der Waals surface area (Å²) in [5.41, 5.74) is 7.56. The Morgan fingerprint density at radius 2 is 1.02 bits per heavy atom. The van der Waals surface area contributed by atoms with Crippen LogP contribution in [0.3, 0.4) is 0 Å². The first-order valence-electron chi connectivity index (χ1n) is 17.4. The summed E-state index contributed by atoms with van der Waals surface area (Å²) in [5.74, 6) is 1.82. The average Bonchev–Trinajstić information content (AvgIpc) is 3.74. The minimum atomic E-state index is 0.585. The summed E-state index contributed by atoms with van der Waals surface area (Å²) < 4.78 is 9.00. The van der Waals surface area contributed by atoms with Crippen LogP contribution in [0.2, 0.25) is 0 Å². The standard InChI is InChI=1S/C47H28N4O/c1-2-14-30(15-3-1)45-48-46(36-22-12-18-29-13-6-7-19-34(29)36)50-47(49-45)39-27-33(28-43-44(39)37-21-9-11-24-42(37)52-43)51-40-23-10-8-20-35(40)38-25-31-16-4-5-17-32(31)26-41(38)51/h1-28H. The Hall–Kier alpha value is -7.11. The van der Waals surface area contributed by atoms with E-state index in [1.54, 1.807) is 0 Å². The Bertz CT molecular complexity index is 3190. The molecule has 0 bridgehead atoms. The monoisotopic (exact) mass is 664 g/mol. The van der Waals surface area contributed by atoms with E-state index in [1.165, 1.54) is 21.5 Å². The van der Waals surface area contributed by atoms with Crippen LogP contribution in [0.4, 0.5) is 0 Å². The fourth-order valence-corrected chi connectivity index (χ4v) is 7.83. The average molecular weight is 665 g/mol. The molecule has 8 aromatic carbocycles. The Kier molecular flexibility index (Phi) is 6.18. The number of furan rings is 1. The van der Waals surface area contributed by atoms with Crippen LogP contribution in [0.15, 0.2) is 174 Å². The van der Waals surface area contributed by atoms with E-state index in [0.717, 1.165) is 66.1 Å². The van der Waals surface area contributed by atoms with Gasteiger partial charge >= 0.3 is 0 Å². The highest BCUT2D eigenvalue weighted by atomic mass is 16.3. The summed E-state index contributed by atoms with van der Waals surface area (Å²) >= 11 is 0. The van der Waals surface area contributed by atoms with Crippen molar-refractivity contribution in [3.8, 4) is 39.9 Å². The molecule has 0 fully saturated rings. The maximum absolute atomic E-state index is 6.65. The smallest absolute Gasteiger partial charge is 0.164 e. The van der Waals surface area contributed by atoms with E-state index in [-0.39, 0.29) is 0 Å². The Morgan fingerprint density at radius 3 is 1.87 bits per heavy atom. The molecule has 0 N–H and O–H groups in total. The summed E-state index contributed by atoms with van der Waals surface area (Å²) in [6, 6.07) is 59.1. The topological polar surface area (TPSA) is 56.7 Å². The number of para-hydroxylation sites is 2. The summed E-state index contributed by atoms with van der Waals surface area (Å²) in [7, 11) is 0. The maximum Gasteiger partial charge on any atom is 0.164 e. The number of aromatic nitrogens is 4. The predicted molar refractivity (Wildman–Crippen MR) is 213 cm³/mol. The summed E-state index contributed by atoms with van der Waals surface area (Å²) in [6.45, 7) is 0. The molecule has 0 aliphatic rings. The van der Waals surface area contributed by atoms with Gasteiger partial charge in [0.1, 0.15) is 11.2 Å². The zero-order valence-electron chi connectivity index (χ0n) is 27.9. The highest BCUT2D eigenvalue weighted by molar-refractivity contribution is 6.16. The quantitative estimate of drug-likeness (QED) is 0.188. The Labute approximate surface area is 298 Å². The van der Waals surface area contributed by atoms with Crippen molar-refractivity contribution in [2.24, 2.45) is 0 Å². The fraction of sp³-hybridized carbons (Fsp3) is 0. The zero-order valence-corrected chi connectivity index (χ0v) is 27.9. The highest BCUT2D eigenvalue weighted by Gasteiger charge is 2.22. The van der Waals surface area contributed by atoms with Gasteiger partial charge in [-0.2, -0.15) is 0 Å². The lowest BCUT2D eigenvalue weighted by molar-refractivity contribution is 0.668. The second kappa shape index (κ2) is 11.2. The van der Waals surface area contributed by atoms with Crippen LogP contribution in [0.5, 0.6) is 0 Å². The van der Waals surface area contributed by atoms with Crippen LogP contribution in [0, 0.1) is 0 Å². The summed E-state index contributed by atoms with van der Waals surface area (Å²) in [5, 5.41) is 9.00. The van der Waals surface area contributed by atoms with Gasteiger partial charge in [-0.05, 0) is 51.9 Å². The molecule has 5 nitrogen and oxygen atoms in total. The molecular weight excluding hydrogens is 637 g/mol. The third kappa shape index (κ3) is 4.39. The van der Waals surface area contributed by atoms with Gasteiger partial charge in [0.25, 0.3) is 0 Å². The molecule has 0 saturated carbocycles. The predicted octanol–water partition coefficient (Wildman–Crippen LogP) is 12.2. The number of rotatable bonds is 4. The third-order valence-electron chi connectivity index (χ3n) is 10.2. The van der Waals surface area contributed by atoms with Crippen LogP contribution in [0.1, 0.15) is 0 Å². The van der Waals surface area contributed by atoms with Gasteiger partial charge < -0.3 is 8.98 Å². The van der Waals surface area contributed by atoms with Gasteiger partial charge in [-0.3, -0.25) is 0 Å². The van der Waals surface area contributed by atoms with Crippen molar-refractivity contribution >= 4 is 65.3 Å². The van der Waals surface area contributed by atoms with Gasteiger partial charge in [-0.1, -0.05) is 133 Å². The molecule has 52 heavy (non-hydrogen) atoms. The van der Waals surface area contributed by atoms with Gasteiger partial charge in [0.15, 0.2) is 17.5 Å². The van der Waals surface area contributed by atoms with E-state index in [0.29, 0.717) is 17.5 Å². The molecule has 0 radical (unpaired) electrons. The molecule has 3 heterocycles. The van der Waals surface area contributed by atoms with Crippen molar-refractivity contribution in [2.45, 2.75) is 0 Å². The van der Waals surface area contributed by atoms with Crippen molar-refractivity contribution in [1.29, 1.82) is 0 Å². The van der Waals surface area contributed by atoms with Crippen LogP contribution < -0.4 is 0 Å². The van der Waals surface area contributed by atoms with Crippen LogP contribution >= 0.6 is 0 Å².